The highest BCUT2D eigenvalue weighted by atomic mass is 32.1. The van der Waals surface area contributed by atoms with Crippen LogP contribution < -0.4 is 20.5 Å². The van der Waals surface area contributed by atoms with Gasteiger partial charge in [-0.15, -0.1) is 11.3 Å². The number of piperazine rings is 1. The third-order valence-corrected chi connectivity index (χ3v) is 7.45. The van der Waals surface area contributed by atoms with Crippen molar-refractivity contribution in [1.82, 2.24) is 24.8 Å². The molecular formula is C28H32FN7O3S. The van der Waals surface area contributed by atoms with Gasteiger partial charge in [0.25, 0.3) is 5.91 Å². The lowest BCUT2D eigenvalue weighted by Crippen LogP contribution is -2.44. The summed E-state index contributed by atoms with van der Waals surface area (Å²) in [6, 6.07) is 8.37. The van der Waals surface area contributed by atoms with Crippen LogP contribution >= 0.6 is 11.3 Å². The molecule has 210 valence electrons. The molecule has 0 unspecified atom stereocenters. The summed E-state index contributed by atoms with van der Waals surface area (Å²) in [4.78, 5) is 30.1. The zero-order chi connectivity index (χ0) is 28.2. The standard InChI is InChI=1S/C28H32FN7O3S/c1-4-38-23-13-19-21(14-24(23)39-5-2)32-25(15-36-10-8-35(3)9-11-36)34-27(19)31-17-6-7-20(29)18(12-17)22-16-40-28(33-22)26(30)37/h6-7,12-14,16H,4-5,8-11,15H2,1-3H3,(H2,30,37)(H,31,32,34). The fourth-order valence-electron chi connectivity index (χ4n) is 4.54. The van der Waals surface area contributed by atoms with Crippen LogP contribution in [-0.4, -0.2) is 77.1 Å². The maximum absolute atomic E-state index is 14.8. The number of nitrogens with zero attached hydrogens (tertiary/aromatic N) is 5. The van der Waals surface area contributed by atoms with Gasteiger partial charge in [-0.1, -0.05) is 0 Å². The van der Waals surface area contributed by atoms with Crippen LogP contribution in [0.15, 0.2) is 35.7 Å². The molecular weight excluding hydrogens is 533 g/mol. The van der Waals surface area contributed by atoms with E-state index >= 15 is 0 Å². The van der Waals surface area contributed by atoms with Crippen LogP contribution in [0.3, 0.4) is 0 Å². The van der Waals surface area contributed by atoms with Crippen LogP contribution in [0.25, 0.3) is 22.2 Å². The third kappa shape index (κ3) is 6.14. The number of aromatic nitrogens is 3. The van der Waals surface area contributed by atoms with E-state index in [4.69, 9.17) is 25.2 Å². The average molecular weight is 566 g/mol. The van der Waals surface area contributed by atoms with Crippen LogP contribution in [0, 0.1) is 5.82 Å². The summed E-state index contributed by atoms with van der Waals surface area (Å²) in [6.07, 6.45) is 0. The lowest BCUT2D eigenvalue weighted by Gasteiger charge is -2.31. The summed E-state index contributed by atoms with van der Waals surface area (Å²) in [5, 5.41) is 5.84. The van der Waals surface area contributed by atoms with Crippen molar-refractivity contribution in [3.05, 3.63) is 52.4 Å². The van der Waals surface area contributed by atoms with Gasteiger partial charge in [0.05, 0.1) is 31.0 Å². The molecule has 1 amide bonds. The second-order valence-electron chi connectivity index (χ2n) is 9.47. The van der Waals surface area contributed by atoms with Gasteiger partial charge < -0.3 is 25.4 Å². The van der Waals surface area contributed by atoms with Gasteiger partial charge in [0.2, 0.25) is 0 Å². The predicted molar refractivity (Wildman–Crippen MR) is 154 cm³/mol. The fraction of sp³-hybridized carbons (Fsp3) is 0.357. The largest absolute Gasteiger partial charge is 0.490 e. The molecule has 1 saturated heterocycles. The normalized spacial score (nSPS) is 14.4. The molecule has 3 N–H and O–H groups in total. The van der Waals surface area contributed by atoms with E-state index < -0.39 is 11.7 Å². The van der Waals surface area contributed by atoms with E-state index in [0.717, 1.165) is 42.9 Å². The van der Waals surface area contributed by atoms with Gasteiger partial charge in [0.1, 0.15) is 17.5 Å². The Hall–Kier alpha value is -3.87. The van der Waals surface area contributed by atoms with Gasteiger partial charge in [-0.3, -0.25) is 9.69 Å². The number of ether oxygens (including phenoxy) is 2. The molecule has 2 aromatic carbocycles. The number of hydrogen-bond acceptors (Lipinski definition) is 10. The lowest BCUT2D eigenvalue weighted by molar-refractivity contribution is 0.1000. The molecule has 3 heterocycles. The number of primary amides is 1. The summed E-state index contributed by atoms with van der Waals surface area (Å²) in [5.41, 5.74) is 7.24. The molecule has 1 aliphatic rings. The quantitative estimate of drug-likeness (QED) is 0.290. The molecule has 2 aromatic heterocycles. The first-order valence-corrected chi connectivity index (χ1v) is 14.1. The third-order valence-electron chi connectivity index (χ3n) is 6.59. The number of thiazole rings is 1. The number of carbonyl (C=O) groups is 1. The van der Waals surface area contributed by atoms with Gasteiger partial charge >= 0.3 is 0 Å². The van der Waals surface area contributed by atoms with Crippen molar-refractivity contribution in [1.29, 1.82) is 0 Å². The number of hydrogen-bond donors (Lipinski definition) is 2. The number of nitrogens with two attached hydrogens (primary N) is 1. The van der Waals surface area contributed by atoms with E-state index in [-0.39, 0.29) is 10.6 Å². The average Bonchev–Trinajstić information content (AvgIpc) is 3.43. The molecule has 5 rings (SSSR count). The van der Waals surface area contributed by atoms with Crippen molar-refractivity contribution in [3.63, 3.8) is 0 Å². The highest BCUT2D eigenvalue weighted by molar-refractivity contribution is 7.12. The number of fused-ring (bicyclic) bond motifs is 1. The summed E-state index contributed by atoms with van der Waals surface area (Å²) >= 11 is 1.08. The number of amides is 1. The molecule has 4 aromatic rings. The van der Waals surface area contributed by atoms with E-state index in [1.165, 1.54) is 6.07 Å². The van der Waals surface area contributed by atoms with Gasteiger partial charge in [-0.2, -0.15) is 0 Å². The first-order valence-electron chi connectivity index (χ1n) is 13.2. The SMILES string of the molecule is CCOc1cc2nc(CN3CCN(C)CC3)nc(Nc3ccc(F)c(-c4csc(C(N)=O)n4)c3)c2cc1OCC. The summed E-state index contributed by atoms with van der Waals surface area (Å²) in [7, 11) is 2.12. The minimum Gasteiger partial charge on any atom is -0.490 e. The van der Waals surface area contributed by atoms with Crippen molar-refractivity contribution in [3.8, 4) is 22.8 Å². The molecule has 0 saturated carbocycles. The zero-order valence-electron chi connectivity index (χ0n) is 22.7. The predicted octanol–water partition coefficient (Wildman–Crippen LogP) is 4.28. The Bertz CT molecular complexity index is 1520. The number of anilines is 2. The van der Waals surface area contributed by atoms with Crippen LogP contribution in [0.5, 0.6) is 11.5 Å². The lowest BCUT2D eigenvalue weighted by atomic mass is 10.1. The molecule has 40 heavy (non-hydrogen) atoms. The molecule has 0 spiro atoms. The first-order chi connectivity index (χ1) is 19.3. The topological polar surface area (TPSA) is 119 Å². The Kier molecular flexibility index (Phi) is 8.38. The van der Waals surface area contributed by atoms with Gasteiger partial charge in [-0.25, -0.2) is 19.3 Å². The molecule has 0 aliphatic carbocycles. The molecule has 0 atom stereocenters. The Balaban J connectivity index is 1.55. The summed E-state index contributed by atoms with van der Waals surface area (Å²) in [5.74, 6) is 1.32. The molecule has 0 radical (unpaired) electrons. The first kappa shape index (κ1) is 27.7. The van der Waals surface area contributed by atoms with Crippen molar-refractivity contribution in [2.24, 2.45) is 5.73 Å². The van der Waals surface area contributed by atoms with E-state index in [2.05, 4.69) is 27.1 Å². The Morgan fingerprint density at radius 3 is 2.45 bits per heavy atom. The number of carbonyl (C=O) groups excluding carboxylic acids is 1. The van der Waals surface area contributed by atoms with Crippen LogP contribution in [0.1, 0.15) is 29.5 Å². The smallest absolute Gasteiger partial charge is 0.277 e. The minimum absolute atomic E-state index is 0.122. The monoisotopic (exact) mass is 565 g/mol. The van der Waals surface area contributed by atoms with E-state index in [0.29, 0.717) is 59.8 Å². The zero-order valence-corrected chi connectivity index (χ0v) is 23.6. The highest BCUT2D eigenvalue weighted by Gasteiger charge is 2.19. The number of nitrogens with one attached hydrogen (secondary N) is 1. The van der Waals surface area contributed by atoms with E-state index in [9.17, 15) is 9.18 Å². The molecule has 1 aliphatic heterocycles. The second-order valence-corrected chi connectivity index (χ2v) is 10.3. The molecule has 1 fully saturated rings. The Morgan fingerprint density at radius 2 is 1.77 bits per heavy atom. The van der Waals surface area contributed by atoms with E-state index in [1.807, 2.05) is 26.0 Å². The minimum atomic E-state index is -0.650. The molecule has 12 heteroatoms. The maximum Gasteiger partial charge on any atom is 0.277 e. The van der Waals surface area contributed by atoms with Crippen LogP contribution in [0.2, 0.25) is 0 Å². The number of likely N-dealkylation sites (N-methyl/N-ethyl adjacent to an activating group) is 1. The fourth-order valence-corrected chi connectivity index (χ4v) is 5.21. The maximum atomic E-state index is 14.8. The summed E-state index contributed by atoms with van der Waals surface area (Å²) < 4.78 is 26.5. The van der Waals surface area contributed by atoms with Crippen molar-refractivity contribution < 1.29 is 18.7 Å². The molecule has 10 nitrogen and oxygen atoms in total. The van der Waals surface area contributed by atoms with E-state index in [1.54, 1.807) is 17.5 Å². The number of halogens is 1. The highest BCUT2D eigenvalue weighted by Crippen LogP contribution is 2.36. The van der Waals surface area contributed by atoms with Crippen molar-refractivity contribution in [2.45, 2.75) is 20.4 Å². The molecule has 0 bridgehead atoms. The summed E-state index contributed by atoms with van der Waals surface area (Å²) in [6.45, 7) is 9.21. The van der Waals surface area contributed by atoms with Crippen LogP contribution in [-0.2, 0) is 6.54 Å². The number of rotatable bonds is 10. The number of benzene rings is 2. The Labute approximate surface area is 235 Å². The van der Waals surface area contributed by atoms with Crippen molar-refractivity contribution >= 4 is 39.7 Å². The van der Waals surface area contributed by atoms with Crippen molar-refractivity contribution in [2.75, 3.05) is 51.8 Å². The van der Waals surface area contributed by atoms with Gasteiger partial charge in [0, 0.05) is 54.3 Å². The van der Waals surface area contributed by atoms with Gasteiger partial charge in [-0.05, 0) is 45.2 Å². The van der Waals surface area contributed by atoms with Gasteiger partial charge in [0.15, 0.2) is 16.5 Å². The van der Waals surface area contributed by atoms with Crippen LogP contribution in [0.4, 0.5) is 15.9 Å². The Morgan fingerprint density at radius 1 is 1.05 bits per heavy atom. The second kappa shape index (κ2) is 12.1.